The van der Waals surface area contributed by atoms with Crippen molar-refractivity contribution in [1.82, 2.24) is 0 Å². The van der Waals surface area contributed by atoms with E-state index in [2.05, 4.69) is 49.8 Å². The SMILES string of the molecule is C[C@@H]1C[NH+](C)[C@@H](C)C[C@@]1(O)C#CCN(C)c1ccccc1. The predicted molar refractivity (Wildman–Crippen MR) is 87.4 cm³/mol. The Kier molecular flexibility index (Phi) is 4.92. The molecule has 1 unspecified atom stereocenters. The van der Waals surface area contributed by atoms with E-state index in [1.807, 2.05) is 25.2 Å². The molecule has 0 aliphatic carbocycles. The molecule has 2 rings (SSSR count). The second kappa shape index (κ2) is 6.51. The summed E-state index contributed by atoms with van der Waals surface area (Å²) in [6.45, 7) is 5.89. The number of hydrogen-bond acceptors (Lipinski definition) is 2. The summed E-state index contributed by atoms with van der Waals surface area (Å²) >= 11 is 0. The van der Waals surface area contributed by atoms with Gasteiger partial charge in [-0.3, -0.25) is 0 Å². The molecule has 1 aliphatic heterocycles. The third-order valence-corrected chi connectivity index (χ3v) is 4.72. The van der Waals surface area contributed by atoms with Crippen molar-refractivity contribution in [3.8, 4) is 11.8 Å². The van der Waals surface area contributed by atoms with Crippen molar-refractivity contribution in [2.75, 3.05) is 32.1 Å². The van der Waals surface area contributed by atoms with Gasteiger partial charge in [0.2, 0.25) is 0 Å². The fourth-order valence-electron chi connectivity index (χ4n) is 2.95. The fraction of sp³-hybridized carbons (Fsp3) is 0.556. The van der Waals surface area contributed by atoms with Gasteiger partial charge in [0.05, 0.1) is 26.2 Å². The quantitative estimate of drug-likeness (QED) is 0.788. The van der Waals surface area contributed by atoms with Gasteiger partial charge in [-0.1, -0.05) is 37.0 Å². The van der Waals surface area contributed by atoms with Gasteiger partial charge in [0.15, 0.2) is 0 Å². The highest BCUT2D eigenvalue weighted by molar-refractivity contribution is 5.46. The standard InChI is InChI=1S/C18H26N2O/c1-15-14-20(4)16(2)13-18(15,21)11-8-12-19(3)17-9-6-5-7-10-17/h5-7,9-10,15-16,21H,12-14H2,1-4H3/p+1/t15-,16+,18+/m1/s1. The molecular weight excluding hydrogens is 260 g/mol. The van der Waals surface area contributed by atoms with E-state index in [1.165, 1.54) is 4.90 Å². The average Bonchev–Trinajstić information content (AvgIpc) is 2.46. The number of nitrogens with zero attached hydrogens (tertiary/aromatic N) is 1. The Hall–Kier alpha value is -1.50. The Morgan fingerprint density at radius 1 is 1.33 bits per heavy atom. The van der Waals surface area contributed by atoms with Crippen molar-refractivity contribution in [3.05, 3.63) is 30.3 Å². The molecule has 0 bridgehead atoms. The summed E-state index contributed by atoms with van der Waals surface area (Å²) in [5.41, 5.74) is 0.309. The van der Waals surface area contributed by atoms with Crippen molar-refractivity contribution >= 4 is 5.69 Å². The Bertz CT molecular complexity index is 519. The van der Waals surface area contributed by atoms with Crippen LogP contribution in [-0.4, -0.2) is 43.9 Å². The van der Waals surface area contributed by atoms with Crippen LogP contribution in [0.15, 0.2) is 30.3 Å². The van der Waals surface area contributed by atoms with Gasteiger partial charge < -0.3 is 14.9 Å². The molecule has 1 saturated heterocycles. The van der Waals surface area contributed by atoms with Crippen LogP contribution in [0.5, 0.6) is 0 Å². The number of para-hydroxylation sites is 1. The molecule has 3 heteroatoms. The van der Waals surface area contributed by atoms with Crippen LogP contribution in [0.3, 0.4) is 0 Å². The van der Waals surface area contributed by atoms with E-state index in [1.54, 1.807) is 0 Å². The summed E-state index contributed by atoms with van der Waals surface area (Å²) in [4.78, 5) is 3.58. The van der Waals surface area contributed by atoms with Crippen LogP contribution in [-0.2, 0) is 0 Å². The van der Waals surface area contributed by atoms with Gasteiger partial charge in [-0.05, 0) is 19.1 Å². The lowest BCUT2D eigenvalue weighted by atomic mass is 9.79. The van der Waals surface area contributed by atoms with Crippen molar-refractivity contribution in [3.63, 3.8) is 0 Å². The van der Waals surface area contributed by atoms with Crippen LogP contribution in [0.25, 0.3) is 0 Å². The lowest BCUT2D eigenvalue weighted by molar-refractivity contribution is -0.915. The van der Waals surface area contributed by atoms with Crippen molar-refractivity contribution in [1.29, 1.82) is 0 Å². The Balaban J connectivity index is 2.01. The van der Waals surface area contributed by atoms with Gasteiger partial charge >= 0.3 is 0 Å². The number of anilines is 1. The van der Waals surface area contributed by atoms with Crippen molar-refractivity contribution in [2.45, 2.75) is 31.9 Å². The molecule has 1 aliphatic rings. The highest BCUT2D eigenvalue weighted by Crippen LogP contribution is 2.24. The summed E-state index contributed by atoms with van der Waals surface area (Å²) in [5.74, 6) is 6.54. The van der Waals surface area contributed by atoms with Crippen LogP contribution in [0.2, 0.25) is 0 Å². The zero-order valence-electron chi connectivity index (χ0n) is 13.6. The number of likely N-dealkylation sites (tertiary alicyclic amines) is 1. The highest BCUT2D eigenvalue weighted by atomic mass is 16.3. The van der Waals surface area contributed by atoms with E-state index >= 15 is 0 Å². The lowest BCUT2D eigenvalue weighted by Crippen LogP contribution is -3.15. The first-order valence-corrected chi connectivity index (χ1v) is 7.73. The summed E-state index contributed by atoms with van der Waals surface area (Å²) < 4.78 is 0. The molecule has 4 atom stereocenters. The van der Waals surface area contributed by atoms with Gasteiger partial charge in [-0.15, -0.1) is 0 Å². The summed E-state index contributed by atoms with van der Waals surface area (Å²) in [7, 11) is 4.22. The zero-order chi connectivity index (χ0) is 15.5. The zero-order valence-corrected chi connectivity index (χ0v) is 13.6. The molecule has 0 saturated carbocycles. The first-order chi connectivity index (χ1) is 9.92. The third-order valence-electron chi connectivity index (χ3n) is 4.72. The monoisotopic (exact) mass is 287 g/mol. The van der Waals surface area contributed by atoms with Gasteiger partial charge in [-0.25, -0.2) is 0 Å². The molecule has 1 aromatic carbocycles. The van der Waals surface area contributed by atoms with Gasteiger partial charge in [0.25, 0.3) is 0 Å². The van der Waals surface area contributed by atoms with E-state index in [0.717, 1.165) is 18.7 Å². The van der Waals surface area contributed by atoms with E-state index in [0.29, 0.717) is 12.6 Å². The number of aliphatic hydroxyl groups is 1. The number of nitrogens with one attached hydrogen (secondary N) is 1. The van der Waals surface area contributed by atoms with E-state index in [4.69, 9.17) is 0 Å². The summed E-state index contributed by atoms with van der Waals surface area (Å²) in [6, 6.07) is 10.6. The molecule has 3 nitrogen and oxygen atoms in total. The molecule has 1 heterocycles. The second-order valence-electron chi connectivity index (χ2n) is 6.47. The molecule has 21 heavy (non-hydrogen) atoms. The maximum absolute atomic E-state index is 10.8. The van der Waals surface area contributed by atoms with Crippen molar-refractivity contribution in [2.24, 2.45) is 5.92 Å². The molecule has 1 aromatic rings. The molecular formula is C18H27N2O+. The van der Waals surface area contributed by atoms with E-state index in [9.17, 15) is 5.11 Å². The topological polar surface area (TPSA) is 27.9 Å². The summed E-state index contributed by atoms with van der Waals surface area (Å²) in [5, 5.41) is 10.8. The predicted octanol–water partition coefficient (Wildman–Crippen LogP) is 0.800. The molecule has 0 aromatic heterocycles. The highest BCUT2D eigenvalue weighted by Gasteiger charge is 2.42. The lowest BCUT2D eigenvalue weighted by Gasteiger charge is -2.40. The van der Waals surface area contributed by atoms with Crippen LogP contribution in [0.1, 0.15) is 20.3 Å². The molecule has 0 amide bonds. The van der Waals surface area contributed by atoms with Gasteiger partial charge in [0, 0.05) is 25.1 Å². The summed E-state index contributed by atoms with van der Waals surface area (Å²) in [6.07, 6.45) is 0.752. The van der Waals surface area contributed by atoms with Crippen LogP contribution in [0.4, 0.5) is 5.69 Å². The van der Waals surface area contributed by atoms with Crippen LogP contribution in [0, 0.1) is 17.8 Å². The second-order valence-corrected chi connectivity index (χ2v) is 6.47. The molecule has 1 fully saturated rings. The maximum Gasteiger partial charge on any atom is 0.139 e. The average molecular weight is 287 g/mol. The Labute approximate surface area is 128 Å². The number of piperidine rings is 1. The molecule has 114 valence electrons. The number of benzene rings is 1. The first kappa shape index (κ1) is 15.9. The minimum Gasteiger partial charge on any atom is -0.377 e. The Morgan fingerprint density at radius 3 is 2.67 bits per heavy atom. The largest absolute Gasteiger partial charge is 0.377 e. The van der Waals surface area contributed by atoms with E-state index < -0.39 is 5.60 Å². The van der Waals surface area contributed by atoms with E-state index in [-0.39, 0.29) is 5.92 Å². The van der Waals surface area contributed by atoms with Crippen LogP contribution >= 0.6 is 0 Å². The minimum absolute atomic E-state index is 0.211. The molecule has 0 radical (unpaired) electrons. The van der Waals surface area contributed by atoms with Crippen LogP contribution < -0.4 is 9.80 Å². The fourth-order valence-corrected chi connectivity index (χ4v) is 2.95. The molecule has 2 N–H and O–H groups in total. The number of hydrogen-bond donors (Lipinski definition) is 2. The normalized spacial score (nSPS) is 32.1. The smallest absolute Gasteiger partial charge is 0.139 e. The van der Waals surface area contributed by atoms with Gasteiger partial charge in [0.1, 0.15) is 5.60 Å². The maximum atomic E-state index is 10.8. The third kappa shape index (κ3) is 3.78. The minimum atomic E-state index is -0.837. The first-order valence-electron chi connectivity index (χ1n) is 7.73. The number of rotatable bonds is 2. The Morgan fingerprint density at radius 2 is 2.00 bits per heavy atom. The van der Waals surface area contributed by atoms with Gasteiger partial charge in [-0.2, -0.15) is 0 Å². The van der Waals surface area contributed by atoms with Crippen molar-refractivity contribution < 1.29 is 10.0 Å². The molecule has 0 spiro atoms. The number of quaternary nitrogens is 1.